The molecule has 6 nitrogen and oxygen atoms in total. The summed E-state index contributed by atoms with van der Waals surface area (Å²) in [6.07, 6.45) is 0.240. The van der Waals surface area contributed by atoms with Gasteiger partial charge in [0.1, 0.15) is 11.8 Å². The van der Waals surface area contributed by atoms with Crippen LogP contribution in [0.25, 0.3) is 0 Å². The van der Waals surface area contributed by atoms with Gasteiger partial charge in [-0.15, -0.1) is 0 Å². The van der Waals surface area contributed by atoms with Crippen LogP contribution in [-0.4, -0.2) is 56.2 Å². The molecule has 2 amide bonds. The number of nitrogens with zero attached hydrogens (tertiary/aromatic N) is 1. The summed E-state index contributed by atoms with van der Waals surface area (Å²) in [7, 11) is 1.60. The van der Waals surface area contributed by atoms with E-state index in [0.717, 1.165) is 11.3 Å². The smallest absolute Gasteiger partial charge is 0.245 e. The second-order valence-electron chi connectivity index (χ2n) is 6.25. The first-order chi connectivity index (χ1) is 11.5. The molecule has 1 aromatic rings. The largest absolute Gasteiger partial charge is 0.497 e. The minimum atomic E-state index is -0.506. The molecule has 24 heavy (non-hydrogen) atoms. The van der Waals surface area contributed by atoms with Gasteiger partial charge < -0.3 is 19.7 Å². The van der Waals surface area contributed by atoms with Crippen molar-refractivity contribution < 1.29 is 19.1 Å². The van der Waals surface area contributed by atoms with Crippen molar-refractivity contribution in [1.29, 1.82) is 0 Å². The molecule has 1 atom stereocenters. The van der Waals surface area contributed by atoms with Gasteiger partial charge in [0, 0.05) is 13.1 Å². The van der Waals surface area contributed by atoms with E-state index >= 15 is 0 Å². The molecule has 1 aliphatic rings. The summed E-state index contributed by atoms with van der Waals surface area (Å²) in [6, 6.07) is 6.84. The Hall–Kier alpha value is -2.08. The minimum Gasteiger partial charge on any atom is -0.497 e. The van der Waals surface area contributed by atoms with Crippen LogP contribution in [0.1, 0.15) is 19.4 Å². The van der Waals surface area contributed by atoms with Crippen molar-refractivity contribution in [1.82, 2.24) is 10.2 Å². The van der Waals surface area contributed by atoms with Crippen LogP contribution in [0.5, 0.6) is 5.75 Å². The molecule has 6 heteroatoms. The molecule has 2 rings (SSSR count). The highest BCUT2D eigenvalue weighted by Gasteiger charge is 2.29. The molecule has 1 saturated heterocycles. The fourth-order valence-corrected chi connectivity index (χ4v) is 2.65. The number of rotatable bonds is 6. The van der Waals surface area contributed by atoms with Crippen LogP contribution in [0.4, 0.5) is 0 Å². The Kier molecular flexibility index (Phi) is 6.61. The van der Waals surface area contributed by atoms with Crippen LogP contribution in [0.3, 0.4) is 0 Å². The van der Waals surface area contributed by atoms with Crippen LogP contribution in [0, 0.1) is 5.92 Å². The van der Waals surface area contributed by atoms with Gasteiger partial charge in [0.05, 0.1) is 26.7 Å². The molecule has 0 unspecified atom stereocenters. The summed E-state index contributed by atoms with van der Waals surface area (Å²) < 4.78 is 10.4. The first-order valence-electron chi connectivity index (χ1n) is 8.30. The number of morpholine rings is 1. The SMILES string of the molecule is COc1ccc(CC(=O)N[C@H](C(=O)N2CCOCC2)C(C)C)cc1. The zero-order valence-corrected chi connectivity index (χ0v) is 14.6. The summed E-state index contributed by atoms with van der Waals surface area (Å²) in [4.78, 5) is 26.7. The van der Waals surface area contributed by atoms with Gasteiger partial charge in [-0.3, -0.25) is 9.59 Å². The molecule has 0 saturated carbocycles. The first kappa shape index (κ1) is 18.3. The number of nitrogens with one attached hydrogen (secondary N) is 1. The molecular weight excluding hydrogens is 308 g/mol. The van der Waals surface area contributed by atoms with E-state index in [9.17, 15) is 9.59 Å². The predicted molar refractivity (Wildman–Crippen MR) is 90.9 cm³/mol. The summed E-state index contributed by atoms with van der Waals surface area (Å²) >= 11 is 0. The Balaban J connectivity index is 1.95. The molecular formula is C18H26N2O4. The summed E-state index contributed by atoms with van der Waals surface area (Å²) in [5.41, 5.74) is 0.884. The molecule has 1 N–H and O–H groups in total. The predicted octanol–water partition coefficient (Wildman–Crippen LogP) is 1.24. The number of methoxy groups -OCH3 is 1. The van der Waals surface area contributed by atoms with Crippen LogP contribution in [0.2, 0.25) is 0 Å². The van der Waals surface area contributed by atoms with Gasteiger partial charge in [-0.1, -0.05) is 26.0 Å². The number of carbonyl (C=O) groups is 2. The van der Waals surface area contributed by atoms with E-state index in [1.807, 2.05) is 38.1 Å². The number of ether oxygens (including phenoxy) is 2. The third kappa shape index (κ3) is 4.96. The Morgan fingerprint density at radius 2 is 1.83 bits per heavy atom. The van der Waals surface area contributed by atoms with E-state index in [0.29, 0.717) is 26.3 Å². The monoisotopic (exact) mass is 334 g/mol. The molecule has 1 heterocycles. The standard InChI is InChI=1S/C18H26N2O4/c1-13(2)17(18(22)20-8-10-24-11-9-20)19-16(21)12-14-4-6-15(23-3)7-5-14/h4-7,13,17H,8-12H2,1-3H3,(H,19,21)/t17-/m0/s1. The number of carbonyl (C=O) groups excluding carboxylic acids is 2. The van der Waals surface area contributed by atoms with Gasteiger partial charge in [-0.05, 0) is 23.6 Å². The normalized spacial score (nSPS) is 15.9. The summed E-state index contributed by atoms with van der Waals surface area (Å²) in [5.74, 6) is 0.596. The average molecular weight is 334 g/mol. The van der Waals surface area contributed by atoms with Crippen LogP contribution < -0.4 is 10.1 Å². The van der Waals surface area contributed by atoms with E-state index in [1.54, 1.807) is 12.0 Å². The lowest BCUT2D eigenvalue weighted by Crippen LogP contribution is -2.54. The fourth-order valence-electron chi connectivity index (χ4n) is 2.65. The van der Waals surface area contributed by atoms with Crippen molar-refractivity contribution in [3.63, 3.8) is 0 Å². The van der Waals surface area contributed by atoms with E-state index in [1.165, 1.54) is 0 Å². The Labute approximate surface area is 143 Å². The van der Waals surface area contributed by atoms with Gasteiger partial charge in [0.2, 0.25) is 11.8 Å². The lowest BCUT2D eigenvalue weighted by molar-refractivity contribution is -0.141. The zero-order chi connectivity index (χ0) is 17.5. The lowest BCUT2D eigenvalue weighted by Gasteiger charge is -2.32. The lowest BCUT2D eigenvalue weighted by atomic mass is 10.0. The van der Waals surface area contributed by atoms with Gasteiger partial charge >= 0.3 is 0 Å². The molecule has 0 spiro atoms. The molecule has 1 aromatic carbocycles. The van der Waals surface area contributed by atoms with Gasteiger partial charge in [-0.2, -0.15) is 0 Å². The number of amides is 2. The summed E-state index contributed by atoms with van der Waals surface area (Å²) in [5, 5.41) is 2.89. The van der Waals surface area contributed by atoms with Crippen molar-refractivity contribution in [2.24, 2.45) is 5.92 Å². The fraction of sp³-hybridized carbons (Fsp3) is 0.556. The van der Waals surface area contributed by atoms with Crippen molar-refractivity contribution in [2.45, 2.75) is 26.3 Å². The van der Waals surface area contributed by atoms with E-state index in [-0.39, 0.29) is 24.2 Å². The number of hydrogen-bond donors (Lipinski definition) is 1. The van der Waals surface area contributed by atoms with Gasteiger partial charge in [0.25, 0.3) is 0 Å². The number of benzene rings is 1. The van der Waals surface area contributed by atoms with Crippen molar-refractivity contribution in [2.75, 3.05) is 33.4 Å². The van der Waals surface area contributed by atoms with Gasteiger partial charge in [-0.25, -0.2) is 0 Å². The maximum absolute atomic E-state index is 12.7. The minimum absolute atomic E-state index is 0.0279. The molecule has 132 valence electrons. The quantitative estimate of drug-likeness (QED) is 0.850. The third-order valence-corrected chi connectivity index (χ3v) is 4.10. The van der Waals surface area contributed by atoms with Crippen LogP contribution in [0.15, 0.2) is 24.3 Å². The molecule has 1 aliphatic heterocycles. The second-order valence-corrected chi connectivity index (χ2v) is 6.25. The van der Waals surface area contributed by atoms with E-state index < -0.39 is 6.04 Å². The molecule has 1 fully saturated rings. The zero-order valence-electron chi connectivity index (χ0n) is 14.6. The molecule has 0 aromatic heterocycles. The number of hydrogen-bond acceptors (Lipinski definition) is 4. The first-order valence-corrected chi connectivity index (χ1v) is 8.30. The molecule has 0 radical (unpaired) electrons. The van der Waals surface area contributed by atoms with Crippen molar-refractivity contribution in [3.05, 3.63) is 29.8 Å². The molecule has 0 bridgehead atoms. The molecule has 0 aliphatic carbocycles. The van der Waals surface area contributed by atoms with E-state index in [4.69, 9.17) is 9.47 Å². The Morgan fingerprint density at radius 1 is 1.21 bits per heavy atom. The maximum atomic E-state index is 12.7. The maximum Gasteiger partial charge on any atom is 0.245 e. The third-order valence-electron chi connectivity index (χ3n) is 4.10. The highest BCUT2D eigenvalue weighted by atomic mass is 16.5. The Bertz CT molecular complexity index is 551. The highest BCUT2D eigenvalue weighted by Crippen LogP contribution is 2.13. The van der Waals surface area contributed by atoms with Crippen LogP contribution in [-0.2, 0) is 20.7 Å². The van der Waals surface area contributed by atoms with Crippen LogP contribution >= 0.6 is 0 Å². The Morgan fingerprint density at radius 3 is 2.38 bits per heavy atom. The topological polar surface area (TPSA) is 67.9 Å². The highest BCUT2D eigenvalue weighted by molar-refractivity contribution is 5.88. The van der Waals surface area contributed by atoms with E-state index in [2.05, 4.69) is 5.32 Å². The average Bonchev–Trinajstić information content (AvgIpc) is 2.60. The van der Waals surface area contributed by atoms with Crippen molar-refractivity contribution in [3.8, 4) is 5.75 Å². The van der Waals surface area contributed by atoms with Crippen molar-refractivity contribution >= 4 is 11.8 Å². The second kappa shape index (κ2) is 8.68. The summed E-state index contributed by atoms with van der Waals surface area (Å²) in [6.45, 7) is 6.15. The van der Waals surface area contributed by atoms with Gasteiger partial charge in [0.15, 0.2) is 0 Å².